The van der Waals surface area contributed by atoms with Gasteiger partial charge in [0.25, 0.3) is 0 Å². The maximum absolute atomic E-state index is 11.4. The van der Waals surface area contributed by atoms with Crippen LogP contribution in [-0.4, -0.2) is 26.6 Å². The number of nitrogens with zero attached hydrogens (tertiary/aromatic N) is 2. The minimum atomic E-state index is -0.917. The van der Waals surface area contributed by atoms with Gasteiger partial charge in [-0.2, -0.15) is 0 Å². The van der Waals surface area contributed by atoms with E-state index >= 15 is 0 Å². The van der Waals surface area contributed by atoms with Gasteiger partial charge in [0.15, 0.2) is 0 Å². The highest BCUT2D eigenvalue weighted by molar-refractivity contribution is 5.82. The molecule has 1 unspecified atom stereocenters. The molecule has 2 rings (SSSR count). The summed E-state index contributed by atoms with van der Waals surface area (Å²) < 4.78 is 0. The Labute approximate surface area is 100 Å². The van der Waals surface area contributed by atoms with Crippen molar-refractivity contribution < 1.29 is 9.90 Å². The largest absolute Gasteiger partial charge is 0.480 e. The van der Waals surface area contributed by atoms with Gasteiger partial charge in [-0.05, 0) is 32.1 Å². The summed E-state index contributed by atoms with van der Waals surface area (Å²) in [6, 6.07) is 1.81. The number of carboxylic acid groups (broad SMARTS) is 1. The summed E-state index contributed by atoms with van der Waals surface area (Å²) in [5, 5.41) is 12.4. The Kier molecular flexibility index (Phi) is 3.00. The normalized spacial score (nSPS) is 18.5. The van der Waals surface area contributed by atoms with E-state index in [2.05, 4.69) is 15.3 Å². The first kappa shape index (κ1) is 11.8. The second kappa shape index (κ2) is 4.31. The van der Waals surface area contributed by atoms with Crippen molar-refractivity contribution in [3.63, 3.8) is 0 Å². The van der Waals surface area contributed by atoms with Crippen molar-refractivity contribution in [3.05, 3.63) is 18.1 Å². The number of aromatic nitrogens is 2. The second-order valence-electron chi connectivity index (χ2n) is 4.65. The van der Waals surface area contributed by atoms with Crippen molar-refractivity contribution in [3.8, 4) is 0 Å². The van der Waals surface area contributed by atoms with Gasteiger partial charge < -0.3 is 10.4 Å². The predicted molar refractivity (Wildman–Crippen MR) is 63.8 cm³/mol. The molecule has 1 aromatic heterocycles. The first-order valence-electron chi connectivity index (χ1n) is 5.88. The molecule has 1 heterocycles. The Morgan fingerprint density at radius 3 is 2.82 bits per heavy atom. The van der Waals surface area contributed by atoms with E-state index in [0.717, 1.165) is 25.0 Å². The zero-order chi connectivity index (χ0) is 12.5. The number of nitrogens with one attached hydrogen (secondary N) is 1. The van der Waals surface area contributed by atoms with Crippen LogP contribution in [0.1, 0.15) is 32.4 Å². The van der Waals surface area contributed by atoms with Crippen LogP contribution in [-0.2, 0) is 11.2 Å². The SMILES string of the molecule is CCc1cc(NC(C)(C(=O)O)C2CC2)ncn1. The topological polar surface area (TPSA) is 75.1 Å². The van der Waals surface area contributed by atoms with Crippen LogP contribution in [0.25, 0.3) is 0 Å². The maximum atomic E-state index is 11.4. The molecular formula is C12H17N3O2. The summed E-state index contributed by atoms with van der Waals surface area (Å²) >= 11 is 0. The molecule has 0 bridgehead atoms. The highest BCUT2D eigenvalue weighted by atomic mass is 16.4. The second-order valence-corrected chi connectivity index (χ2v) is 4.65. The number of carbonyl (C=O) groups is 1. The van der Waals surface area contributed by atoms with Crippen LogP contribution in [0.15, 0.2) is 12.4 Å². The van der Waals surface area contributed by atoms with E-state index in [1.54, 1.807) is 6.92 Å². The lowest BCUT2D eigenvalue weighted by atomic mass is 9.96. The highest BCUT2D eigenvalue weighted by Gasteiger charge is 2.47. The lowest BCUT2D eigenvalue weighted by molar-refractivity contribution is -0.142. The van der Waals surface area contributed by atoms with Gasteiger partial charge in [-0.15, -0.1) is 0 Å². The Hall–Kier alpha value is -1.65. The smallest absolute Gasteiger partial charge is 0.329 e. The molecule has 1 saturated carbocycles. The van der Waals surface area contributed by atoms with Crippen molar-refractivity contribution >= 4 is 11.8 Å². The third kappa shape index (κ3) is 2.38. The molecule has 0 aliphatic heterocycles. The minimum absolute atomic E-state index is 0.194. The number of aryl methyl sites for hydroxylation is 1. The van der Waals surface area contributed by atoms with Crippen molar-refractivity contribution in [1.82, 2.24) is 9.97 Å². The standard InChI is InChI=1S/C12H17N3O2/c1-3-9-6-10(14-7-13-9)15-12(2,11(16)17)8-4-5-8/h6-8H,3-5H2,1-2H3,(H,16,17)(H,13,14,15). The van der Waals surface area contributed by atoms with E-state index in [-0.39, 0.29) is 5.92 Å². The summed E-state index contributed by atoms with van der Waals surface area (Å²) in [5.41, 5.74) is -0.00893. The molecule has 0 radical (unpaired) electrons. The Bertz CT molecular complexity index is 432. The molecule has 5 nitrogen and oxygen atoms in total. The fourth-order valence-electron chi connectivity index (χ4n) is 1.92. The van der Waals surface area contributed by atoms with Crippen molar-refractivity contribution in [2.75, 3.05) is 5.32 Å². The molecule has 1 atom stereocenters. The lowest BCUT2D eigenvalue weighted by Crippen LogP contribution is -2.45. The number of carboxylic acids is 1. The number of aliphatic carboxylic acids is 1. The van der Waals surface area contributed by atoms with Crippen LogP contribution >= 0.6 is 0 Å². The van der Waals surface area contributed by atoms with Gasteiger partial charge in [0, 0.05) is 11.8 Å². The van der Waals surface area contributed by atoms with E-state index in [0.29, 0.717) is 5.82 Å². The van der Waals surface area contributed by atoms with Crippen LogP contribution in [0.5, 0.6) is 0 Å². The fourth-order valence-corrected chi connectivity index (χ4v) is 1.92. The van der Waals surface area contributed by atoms with E-state index in [1.807, 2.05) is 13.0 Å². The first-order valence-corrected chi connectivity index (χ1v) is 5.88. The maximum Gasteiger partial charge on any atom is 0.329 e. The summed E-state index contributed by atoms with van der Waals surface area (Å²) in [6.45, 7) is 3.73. The first-order chi connectivity index (χ1) is 8.06. The zero-order valence-electron chi connectivity index (χ0n) is 10.1. The third-order valence-electron chi connectivity index (χ3n) is 3.31. The molecule has 2 N–H and O–H groups in total. The molecular weight excluding hydrogens is 218 g/mol. The molecule has 0 aromatic carbocycles. The average Bonchev–Trinajstić information content (AvgIpc) is 3.13. The number of hydrogen-bond donors (Lipinski definition) is 2. The monoisotopic (exact) mass is 235 g/mol. The van der Waals surface area contributed by atoms with Gasteiger partial charge >= 0.3 is 5.97 Å². The van der Waals surface area contributed by atoms with Crippen molar-refractivity contribution in [2.24, 2.45) is 5.92 Å². The van der Waals surface area contributed by atoms with Gasteiger partial charge in [0.2, 0.25) is 0 Å². The van der Waals surface area contributed by atoms with E-state index in [1.165, 1.54) is 6.33 Å². The Balaban J connectivity index is 2.20. The average molecular weight is 235 g/mol. The molecule has 17 heavy (non-hydrogen) atoms. The van der Waals surface area contributed by atoms with Gasteiger partial charge in [-0.3, -0.25) is 0 Å². The van der Waals surface area contributed by atoms with E-state index in [9.17, 15) is 9.90 Å². The quantitative estimate of drug-likeness (QED) is 0.812. The third-order valence-corrected chi connectivity index (χ3v) is 3.31. The van der Waals surface area contributed by atoms with E-state index in [4.69, 9.17) is 0 Å². The zero-order valence-corrected chi connectivity index (χ0v) is 10.1. The van der Waals surface area contributed by atoms with E-state index < -0.39 is 11.5 Å². The predicted octanol–water partition coefficient (Wildman–Crippen LogP) is 1.70. The molecule has 1 aliphatic carbocycles. The number of anilines is 1. The lowest BCUT2D eigenvalue weighted by Gasteiger charge is -2.26. The summed E-state index contributed by atoms with van der Waals surface area (Å²) in [7, 11) is 0. The van der Waals surface area contributed by atoms with Gasteiger partial charge in [0.05, 0.1) is 0 Å². The van der Waals surface area contributed by atoms with Gasteiger partial charge in [0.1, 0.15) is 17.7 Å². The summed E-state index contributed by atoms with van der Waals surface area (Å²) in [5.74, 6) is -0.0367. The van der Waals surface area contributed by atoms with Crippen molar-refractivity contribution in [1.29, 1.82) is 0 Å². The van der Waals surface area contributed by atoms with Gasteiger partial charge in [-0.25, -0.2) is 14.8 Å². The minimum Gasteiger partial charge on any atom is -0.480 e. The van der Waals surface area contributed by atoms with Crippen LogP contribution in [0.3, 0.4) is 0 Å². The van der Waals surface area contributed by atoms with Crippen LogP contribution < -0.4 is 5.32 Å². The van der Waals surface area contributed by atoms with Crippen LogP contribution in [0, 0.1) is 5.92 Å². The number of rotatable bonds is 5. The molecule has 0 saturated heterocycles. The molecule has 1 aliphatic rings. The van der Waals surface area contributed by atoms with Crippen LogP contribution in [0.4, 0.5) is 5.82 Å². The Morgan fingerprint density at radius 1 is 1.59 bits per heavy atom. The molecule has 1 aromatic rings. The molecule has 0 spiro atoms. The van der Waals surface area contributed by atoms with Gasteiger partial charge in [-0.1, -0.05) is 6.92 Å². The Morgan fingerprint density at radius 2 is 2.29 bits per heavy atom. The summed E-state index contributed by atoms with van der Waals surface area (Å²) in [4.78, 5) is 19.5. The molecule has 5 heteroatoms. The fraction of sp³-hybridized carbons (Fsp3) is 0.583. The molecule has 1 fully saturated rings. The van der Waals surface area contributed by atoms with Crippen molar-refractivity contribution in [2.45, 2.75) is 38.6 Å². The number of hydrogen-bond acceptors (Lipinski definition) is 4. The highest BCUT2D eigenvalue weighted by Crippen LogP contribution is 2.41. The summed E-state index contributed by atoms with van der Waals surface area (Å²) in [6.07, 6.45) is 4.20. The molecule has 92 valence electrons. The molecule has 0 amide bonds. The van der Waals surface area contributed by atoms with Crippen LogP contribution in [0.2, 0.25) is 0 Å².